The summed E-state index contributed by atoms with van der Waals surface area (Å²) in [6.07, 6.45) is 4.92. The maximum Gasteiger partial charge on any atom is 0.240 e. The van der Waals surface area contributed by atoms with Gasteiger partial charge in [-0.2, -0.15) is 0 Å². The molecule has 2 N–H and O–H groups in total. The smallest absolute Gasteiger partial charge is 0.240 e. The minimum absolute atomic E-state index is 0.0165. The first-order valence-electron chi connectivity index (χ1n) is 8.46. The summed E-state index contributed by atoms with van der Waals surface area (Å²) in [5, 5.41) is 12.2. The van der Waals surface area contributed by atoms with Crippen LogP contribution in [0.3, 0.4) is 0 Å². The molecule has 0 unspecified atom stereocenters. The second-order valence-corrected chi connectivity index (χ2v) is 6.58. The number of hydrogen-bond donors (Lipinski definition) is 2. The van der Waals surface area contributed by atoms with Gasteiger partial charge in [0.1, 0.15) is 6.54 Å². The van der Waals surface area contributed by atoms with Gasteiger partial charge in [0.2, 0.25) is 11.8 Å². The summed E-state index contributed by atoms with van der Waals surface area (Å²) in [7, 11) is 0. The maximum atomic E-state index is 12.3. The second kappa shape index (κ2) is 7.13. The van der Waals surface area contributed by atoms with E-state index in [2.05, 4.69) is 5.32 Å². The third-order valence-electron chi connectivity index (χ3n) is 4.96. The predicted octanol–water partition coefficient (Wildman–Crippen LogP) is 1.63. The monoisotopic (exact) mass is 316 g/mol. The Kier molecular flexibility index (Phi) is 4.96. The van der Waals surface area contributed by atoms with Crippen LogP contribution in [0.4, 0.5) is 5.69 Å². The number of nitrogens with zero attached hydrogens (tertiary/aromatic N) is 1. The molecule has 0 radical (unpaired) electrons. The van der Waals surface area contributed by atoms with Crippen LogP contribution < -0.4 is 10.2 Å². The molecule has 0 spiro atoms. The highest BCUT2D eigenvalue weighted by atomic mass is 16.3. The lowest BCUT2D eigenvalue weighted by Crippen LogP contribution is -2.46. The average Bonchev–Trinajstić information content (AvgIpc) is 2.58. The van der Waals surface area contributed by atoms with Crippen molar-refractivity contribution in [3.63, 3.8) is 0 Å². The predicted molar refractivity (Wildman–Crippen MR) is 88.1 cm³/mol. The van der Waals surface area contributed by atoms with Crippen LogP contribution in [0.5, 0.6) is 0 Å². The standard InChI is InChI=1S/C18H24N2O3/c21-12-13-5-8-15(9-6-13)19-17(22)11-20-16-4-2-1-3-14(16)7-10-18(20)23/h1-4,13,15,21H,5-12H2,(H,19,22). The molecular formula is C18H24N2O3. The zero-order chi connectivity index (χ0) is 16.2. The number of benzene rings is 1. The van der Waals surface area contributed by atoms with Crippen molar-refractivity contribution in [2.75, 3.05) is 18.1 Å². The van der Waals surface area contributed by atoms with Crippen molar-refractivity contribution in [2.45, 2.75) is 44.6 Å². The van der Waals surface area contributed by atoms with Gasteiger partial charge in [0.25, 0.3) is 0 Å². The Labute approximate surface area is 136 Å². The van der Waals surface area contributed by atoms with Gasteiger partial charge in [0.15, 0.2) is 0 Å². The summed E-state index contributed by atoms with van der Waals surface area (Å²) in [5.41, 5.74) is 1.99. The number of carbonyl (C=O) groups is 2. The molecule has 23 heavy (non-hydrogen) atoms. The van der Waals surface area contributed by atoms with Gasteiger partial charge >= 0.3 is 0 Å². The molecule has 1 fully saturated rings. The van der Waals surface area contributed by atoms with Crippen molar-refractivity contribution >= 4 is 17.5 Å². The number of nitrogens with one attached hydrogen (secondary N) is 1. The van der Waals surface area contributed by atoms with E-state index in [-0.39, 0.29) is 31.0 Å². The van der Waals surface area contributed by atoms with Crippen LogP contribution in [0.15, 0.2) is 24.3 Å². The highest BCUT2D eigenvalue weighted by Crippen LogP contribution is 2.27. The number of amides is 2. The minimum atomic E-state index is -0.0949. The first-order valence-corrected chi connectivity index (χ1v) is 8.46. The van der Waals surface area contributed by atoms with Gasteiger partial charge in [-0.3, -0.25) is 9.59 Å². The summed E-state index contributed by atoms with van der Waals surface area (Å²) in [4.78, 5) is 26.1. The van der Waals surface area contributed by atoms with E-state index in [1.165, 1.54) is 0 Å². The number of fused-ring (bicyclic) bond motifs is 1. The lowest BCUT2D eigenvalue weighted by atomic mass is 9.86. The summed E-state index contributed by atoms with van der Waals surface area (Å²) in [6.45, 7) is 0.329. The Bertz CT molecular complexity index is 579. The van der Waals surface area contributed by atoms with Crippen molar-refractivity contribution in [1.29, 1.82) is 0 Å². The highest BCUT2D eigenvalue weighted by molar-refractivity contribution is 6.01. The molecule has 0 atom stereocenters. The van der Waals surface area contributed by atoms with Crippen molar-refractivity contribution in [3.05, 3.63) is 29.8 Å². The molecule has 1 heterocycles. The number of aliphatic hydroxyl groups is 1. The van der Waals surface area contributed by atoms with Crippen LogP contribution in [0.1, 0.15) is 37.7 Å². The van der Waals surface area contributed by atoms with Crippen LogP contribution in [0.25, 0.3) is 0 Å². The van der Waals surface area contributed by atoms with Gasteiger partial charge in [-0.1, -0.05) is 18.2 Å². The Balaban J connectivity index is 1.59. The fourth-order valence-corrected chi connectivity index (χ4v) is 3.58. The quantitative estimate of drug-likeness (QED) is 0.887. The van der Waals surface area contributed by atoms with Crippen LogP contribution in [0.2, 0.25) is 0 Å². The van der Waals surface area contributed by atoms with E-state index in [0.717, 1.165) is 43.4 Å². The largest absolute Gasteiger partial charge is 0.396 e. The zero-order valence-corrected chi connectivity index (χ0v) is 13.3. The molecule has 1 saturated carbocycles. The lowest BCUT2D eigenvalue weighted by molar-refractivity contribution is -0.124. The van der Waals surface area contributed by atoms with Gasteiger partial charge in [-0.05, 0) is 49.7 Å². The number of para-hydroxylation sites is 1. The third-order valence-corrected chi connectivity index (χ3v) is 4.96. The Morgan fingerprint density at radius 3 is 2.65 bits per heavy atom. The first-order chi connectivity index (χ1) is 11.2. The van der Waals surface area contributed by atoms with E-state index in [1.807, 2.05) is 24.3 Å². The number of hydrogen-bond acceptors (Lipinski definition) is 3. The molecule has 1 aromatic rings. The molecule has 124 valence electrons. The Morgan fingerprint density at radius 1 is 1.17 bits per heavy atom. The second-order valence-electron chi connectivity index (χ2n) is 6.58. The molecular weight excluding hydrogens is 292 g/mol. The number of aliphatic hydroxyl groups excluding tert-OH is 1. The lowest BCUT2D eigenvalue weighted by Gasteiger charge is -2.31. The molecule has 1 aliphatic heterocycles. The van der Waals surface area contributed by atoms with Crippen LogP contribution in [-0.2, 0) is 16.0 Å². The SMILES string of the molecule is O=C(CN1C(=O)CCc2ccccc21)NC1CCC(CO)CC1. The normalized spacial score (nSPS) is 24.2. The summed E-state index contributed by atoms with van der Waals surface area (Å²) in [6, 6.07) is 7.96. The number of anilines is 1. The Hall–Kier alpha value is -1.88. The van der Waals surface area contributed by atoms with Gasteiger partial charge in [-0.15, -0.1) is 0 Å². The van der Waals surface area contributed by atoms with Gasteiger partial charge in [0.05, 0.1) is 0 Å². The van der Waals surface area contributed by atoms with Crippen molar-refractivity contribution < 1.29 is 14.7 Å². The van der Waals surface area contributed by atoms with E-state index in [4.69, 9.17) is 5.11 Å². The molecule has 2 aliphatic rings. The van der Waals surface area contributed by atoms with Gasteiger partial charge in [0, 0.05) is 24.8 Å². The van der Waals surface area contributed by atoms with E-state index < -0.39 is 0 Å². The maximum absolute atomic E-state index is 12.3. The summed E-state index contributed by atoms with van der Waals surface area (Å²) < 4.78 is 0. The molecule has 3 rings (SSSR count). The van der Waals surface area contributed by atoms with E-state index in [0.29, 0.717) is 12.3 Å². The van der Waals surface area contributed by atoms with E-state index in [9.17, 15) is 9.59 Å². The number of carbonyl (C=O) groups excluding carboxylic acids is 2. The van der Waals surface area contributed by atoms with Crippen LogP contribution in [-0.4, -0.2) is 36.1 Å². The third kappa shape index (κ3) is 3.72. The van der Waals surface area contributed by atoms with Crippen LogP contribution >= 0.6 is 0 Å². The molecule has 1 aromatic carbocycles. The van der Waals surface area contributed by atoms with Crippen molar-refractivity contribution in [1.82, 2.24) is 5.32 Å². The number of rotatable bonds is 4. The zero-order valence-electron chi connectivity index (χ0n) is 13.3. The van der Waals surface area contributed by atoms with Gasteiger partial charge in [-0.25, -0.2) is 0 Å². The van der Waals surface area contributed by atoms with E-state index in [1.54, 1.807) is 4.90 Å². The molecule has 0 aromatic heterocycles. The molecule has 1 aliphatic carbocycles. The van der Waals surface area contributed by atoms with Crippen LogP contribution in [0, 0.1) is 5.92 Å². The van der Waals surface area contributed by atoms with Crippen molar-refractivity contribution in [3.8, 4) is 0 Å². The highest BCUT2D eigenvalue weighted by Gasteiger charge is 2.27. The number of aryl methyl sites for hydroxylation is 1. The van der Waals surface area contributed by atoms with E-state index >= 15 is 0 Å². The fraction of sp³-hybridized carbons (Fsp3) is 0.556. The van der Waals surface area contributed by atoms with Crippen molar-refractivity contribution in [2.24, 2.45) is 5.92 Å². The summed E-state index contributed by atoms with van der Waals surface area (Å²) >= 11 is 0. The Morgan fingerprint density at radius 2 is 1.91 bits per heavy atom. The van der Waals surface area contributed by atoms with Gasteiger partial charge < -0.3 is 15.3 Å². The summed E-state index contributed by atoms with van der Waals surface area (Å²) in [5.74, 6) is 0.295. The first kappa shape index (κ1) is 16.0. The average molecular weight is 316 g/mol. The molecule has 2 amide bonds. The fourth-order valence-electron chi connectivity index (χ4n) is 3.58. The minimum Gasteiger partial charge on any atom is -0.396 e. The molecule has 0 saturated heterocycles. The molecule has 5 heteroatoms. The topological polar surface area (TPSA) is 69.6 Å². The molecule has 0 bridgehead atoms. The molecule has 5 nitrogen and oxygen atoms in total.